The summed E-state index contributed by atoms with van der Waals surface area (Å²) in [6.45, 7) is 0. The van der Waals surface area contributed by atoms with Gasteiger partial charge in [-0.1, -0.05) is 218 Å². The first-order chi connectivity index (χ1) is 30.2. The maximum Gasteiger partial charge on any atom is 0.164 e. The first-order valence-corrected chi connectivity index (χ1v) is 20.8. The maximum atomic E-state index is 5.20. The van der Waals surface area contributed by atoms with Gasteiger partial charge in [-0.2, -0.15) is 0 Å². The average Bonchev–Trinajstić information content (AvgIpc) is 3.65. The highest BCUT2D eigenvalue weighted by atomic mass is 15.0. The molecule has 0 saturated heterocycles. The Balaban J connectivity index is 1.05. The number of fused-ring (bicyclic) bond motifs is 3. The predicted octanol–water partition coefficient (Wildman–Crippen LogP) is 14.2. The molecule has 1 heterocycles. The fourth-order valence-corrected chi connectivity index (χ4v) is 9.14. The third-order valence-electron chi connectivity index (χ3n) is 12.0. The zero-order chi connectivity index (χ0) is 40.6. The normalized spacial score (nSPS) is 12.4. The Labute approximate surface area is 356 Å². The molecule has 0 N–H and O–H groups in total. The van der Waals surface area contributed by atoms with Gasteiger partial charge in [0.15, 0.2) is 17.5 Å². The molecule has 0 atom stereocenters. The van der Waals surface area contributed by atoms with E-state index in [4.69, 9.17) is 15.0 Å². The minimum absolute atomic E-state index is 0.482. The lowest BCUT2D eigenvalue weighted by atomic mass is 9.67. The second-order valence-corrected chi connectivity index (χ2v) is 15.6. The largest absolute Gasteiger partial charge is 0.208 e. The smallest absolute Gasteiger partial charge is 0.164 e. The van der Waals surface area contributed by atoms with Crippen LogP contribution in [0.5, 0.6) is 0 Å². The molecule has 0 radical (unpaired) electrons. The van der Waals surface area contributed by atoms with Crippen molar-refractivity contribution in [3.05, 3.63) is 259 Å². The van der Waals surface area contributed by atoms with Gasteiger partial charge in [0.05, 0.1) is 5.41 Å². The molecular formula is C58H39N3. The SMILES string of the molecule is c1ccc(-c2ccc(-c3nc(-c4cccc(-c5ccccc5)c4)nc(-c4cccc(-c5ccc6c(c5)C(c5ccccc5)(c5ccccc5)c5ccccc5-6)c4)n3)cc2)cc1. The number of nitrogens with zero attached hydrogens (tertiary/aromatic N) is 3. The van der Waals surface area contributed by atoms with Crippen LogP contribution in [-0.4, -0.2) is 15.0 Å². The van der Waals surface area contributed by atoms with Crippen LogP contribution < -0.4 is 0 Å². The van der Waals surface area contributed by atoms with E-state index in [9.17, 15) is 0 Å². The molecule has 11 rings (SSSR count). The van der Waals surface area contributed by atoms with Gasteiger partial charge in [-0.15, -0.1) is 0 Å². The predicted molar refractivity (Wildman–Crippen MR) is 250 cm³/mol. The van der Waals surface area contributed by atoms with E-state index >= 15 is 0 Å². The highest BCUT2D eigenvalue weighted by molar-refractivity contribution is 5.89. The van der Waals surface area contributed by atoms with Gasteiger partial charge in [-0.05, 0) is 85.0 Å². The van der Waals surface area contributed by atoms with Crippen LogP contribution in [0, 0.1) is 0 Å². The monoisotopic (exact) mass is 777 g/mol. The third kappa shape index (κ3) is 6.44. The Morgan fingerprint density at radius 1 is 0.230 bits per heavy atom. The lowest BCUT2D eigenvalue weighted by Crippen LogP contribution is -2.28. The Morgan fingerprint density at radius 2 is 0.590 bits per heavy atom. The molecule has 9 aromatic carbocycles. The van der Waals surface area contributed by atoms with Crippen LogP contribution in [-0.2, 0) is 5.41 Å². The Kier molecular flexibility index (Phi) is 9.05. The first kappa shape index (κ1) is 36.1. The minimum Gasteiger partial charge on any atom is -0.208 e. The van der Waals surface area contributed by atoms with Crippen molar-refractivity contribution in [2.45, 2.75) is 5.41 Å². The van der Waals surface area contributed by atoms with E-state index in [1.165, 1.54) is 38.9 Å². The van der Waals surface area contributed by atoms with E-state index in [0.717, 1.165) is 44.5 Å². The number of hydrogen-bond acceptors (Lipinski definition) is 3. The van der Waals surface area contributed by atoms with E-state index in [-0.39, 0.29) is 0 Å². The van der Waals surface area contributed by atoms with Crippen molar-refractivity contribution in [3.8, 4) is 78.7 Å². The standard InChI is InChI=1S/C58H39N3/c1-5-17-40(18-6-1)42-31-33-43(34-32-42)55-59-56(47-23-15-21-44(37-47)41-19-7-2-8-20-41)61-57(60-55)48-24-16-22-45(38-48)46-35-36-52-51-29-13-14-30-53(51)58(54(52)39-46,49-25-9-3-10-26-49)50-27-11-4-12-28-50/h1-39H. The Hall–Kier alpha value is -8.01. The minimum atomic E-state index is -0.482. The van der Waals surface area contributed by atoms with Crippen molar-refractivity contribution in [1.29, 1.82) is 0 Å². The van der Waals surface area contributed by atoms with Gasteiger partial charge in [0.2, 0.25) is 0 Å². The molecule has 3 nitrogen and oxygen atoms in total. The van der Waals surface area contributed by atoms with Gasteiger partial charge in [0.25, 0.3) is 0 Å². The van der Waals surface area contributed by atoms with Crippen LogP contribution >= 0.6 is 0 Å². The lowest BCUT2D eigenvalue weighted by molar-refractivity contribution is 0.769. The number of rotatable bonds is 8. The van der Waals surface area contributed by atoms with Gasteiger partial charge >= 0.3 is 0 Å². The summed E-state index contributed by atoms with van der Waals surface area (Å²) in [5.41, 5.74) is 16.7. The van der Waals surface area contributed by atoms with Crippen LogP contribution in [0.3, 0.4) is 0 Å². The summed E-state index contributed by atoms with van der Waals surface area (Å²) in [5, 5.41) is 0. The molecule has 1 aliphatic rings. The summed E-state index contributed by atoms with van der Waals surface area (Å²) in [6.07, 6.45) is 0. The molecule has 0 fully saturated rings. The topological polar surface area (TPSA) is 38.7 Å². The van der Waals surface area contributed by atoms with Crippen molar-refractivity contribution >= 4 is 0 Å². The summed E-state index contributed by atoms with van der Waals surface area (Å²) in [6, 6.07) is 84.2. The molecule has 61 heavy (non-hydrogen) atoms. The van der Waals surface area contributed by atoms with Gasteiger partial charge in [-0.25, -0.2) is 15.0 Å². The molecule has 1 aromatic heterocycles. The molecule has 1 aliphatic carbocycles. The van der Waals surface area contributed by atoms with Gasteiger partial charge in [-0.3, -0.25) is 0 Å². The van der Waals surface area contributed by atoms with Crippen LogP contribution in [0.4, 0.5) is 0 Å². The van der Waals surface area contributed by atoms with Crippen molar-refractivity contribution < 1.29 is 0 Å². The van der Waals surface area contributed by atoms with Crippen molar-refractivity contribution in [3.63, 3.8) is 0 Å². The molecule has 3 heteroatoms. The van der Waals surface area contributed by atoms with Crippen LogP contribution in [0.1, 0.15) is 22.3 Å². The summed E-state index contributed by atoms with van der Waals surface area (Å²) < 4.78 is 0. The second-order valence-electron chi connectivity index (χ2n) is 15.6. The van der Waals surface area contributed by atoms with E-state index in [1.807, 2.05) is 12.1 Å². The fourth-order valence-electron chi connectivity index (χ4n) is 9.14. The summed E-state index contributed by atoms with van der Waals surface area (Å²) in [5.74, 6) is 1.87. The van der Waals surface area contributed by atoms with Crippen molar-refractivity contribution in [1.82, 2.24) is 15.0 Å². The molecule has 0 bridgehead atoms. The van der Waals surface area contributed by atoms with Crippen LogP contribution in [0.2, 0.25) is 0 Å². The van der Waals surface area contributed by atoms with Gasteiger partial charge < -0.3 is 0 Å². The van der Waals surface area contributed by atoms with Crippen molar-refractivity contribution in [2.75, 3.05) is 0 Å². The summed E-state index contributed by atoms with van der Waals surface area (Å²) in [7, 11) is 0. The Bertz CT molecular complexity index is 3120. The third-order valence-corrected chi connectivity index (χ3v) is 12.0. The fraction of sp³-hybridized carbons (Fsp3) is 0.0172. The molecule has 286 valence electrons. The second kappa shape index (κ2) is 15.3. The van der Waals surface area contributed by atoms with Crippen LogP contribution in [0.15, 0.2) is 237 Å². The molecule has 10 aromatic rings. The number of aromatic nitrogens is 3. The van der Waals surface area contributed by atoms with E-state index in [1.54, 1.807) is 0 Å². The molecule has 0 amide bonds. The maximum absolute atomic E-state index is 5.20. The van der Waals surface area contributed by atoms with E-state index < -0.39 is 5.41 Å². The average molecular weight is 778 g/mol. The molecule has 0 unspecified atom stereocenters. The summed E-state index contributed by atoms with van der Waals surface area (Å²) in [4.78, 5) is 15.5. The zero-order valence-corrected chi connectivity index (χ0v) is 33.4. The summed E-state index contributed by atoms with van der Waals surface area (Å²) >= 11 is 0. The molecule has 0 saturated carbocycles. The molecular weight excluding hydrogens is 739 g/mol. The van der Waals surface area contributed by atoms with Crippen molar-refractivity contribution in [2.24, 2.45) is 0 Å². The number of benzene rings is 9. The highest BCUT2D eigenvalue weighted by Crippen LogP contribution is 2.56. The quantitative estimate of drug-likeness (QED) is 0.154. The van der Waals surface area contributed by atoms with Crippen LogP contribution in [0.25, 0.3) is 78.7 Å². The van der Waals surface area contributed by atoms with E-state index in [2.05, 4.69) is 224 Å². The highest BCUT2D eigenvalue weighted by Gasteiger charge is 2.46. The zero-order valence-electron chi connectivity index (χ0n) is 33.4. The molecule has 0 spiro atoms. The first-order valence-electron chi connectivity index (χ1n) is 20.8. The van der Waals surface area contributed by atoms with E-state index in [0.29, 0.717) is 17.5 Å². The number of hydrogen-bond donors (Lipinski definition) is 0. The van der Waals surface area contributed by atoms with Gasteiger partial charge in [0, 0.05) is 16.7 Å². The molecule has 0 aliphatic heterocycles. The Morgan fingerprint density at radius 3 is 1.16 bits per heavy atom. The lowest BCUT2D eigenvalue weighted by Gasteiger charge is -2.34. The van der Waals surface area contributed by atoms with Gasteiger partial charge in [0.1, 0.15) is 0 Å².